The van der Waals surface area contributed by atoms with E-state index in [-0.39, 0.29) is 17.9 Å². The van der Waals surface area contributed by atoms with Gasteiger partial charge in [-0.1, -0.05) is 6.07 Å². The second kappa shape index (κ2) is 6.89. The maximum atomic E-state index is 12.3. The molecule has 3 heterocycles. The first-order chi connectivity index (χ1) is 10.3. The Kier molecular flexibility index (Phi) is 4.70. The van der Waals surface area contributed by atoms with Crippen molar-refractivity contribution < 1.29 is 9.53 Å². The van der Waals surface area contributed by atoms with Crippen LogP contribution < -0.4 is 10.2 Å². The van der Waals surface area contributed by atoms with Crippen molar-refractivity contribution in [3.63, 3.8) is 0 Å². The Hall–Kier alpha value is -1.62. The molecule has 0 aromatic carbocycles. The molecule has 5 nitrogen and oxygen atoms in total. The molecule has 1 N–H and O–H groups in total. The number of amides is 1. The first kappa shape index (κ1) is 14.3. The molecule has 0 spiro atoms. The highest BCUT2D eigenvalue weighted by Crippen LogP contribution is 2.19. The van der Waals surface area contributed by atoms with Crippen LogP contribution in [-0.4, -0.2) is 43.2 Å². The van der Waals surface area contributed by atoms with Gasteiger partial charge in [-0.15, -0.1) is 0 Å². The van der Waals surface area contributed by atoms with E-state index in [4.69, 9.17) is 4.74 Å². The number of ether oxygens (including phenoxy) is 1. The Balaban J connectivity index is 1.55. The van der Waals surface area contributed by atoms with Gasteiger partial charge < -0.3 is 15.0 Å². The van der Waals surface area contributed by atoms with E-state index >= 15 is 0 Å². The summed E-state index contributed by atoms with van der Waals surface area (Å²) in [4.78, 5) is 19.0. The van der Waals surface area contributed by atoms with Crippen LogP contribution in [0.4, 0.5) is 5.82 Å². The van der Waals surface area contributed by atoms with Crippen LogP contribution in [0.5, 0.6) is 0 Å². The first-order valence-corrected chi connectivity index (χ1v) is 7.87. The molecular formula is C16H23N3O2. The van der Waals surface area contributed by atoms with Crippen molar-refractivity contribution in [1.82, 2.24) is 10.3 Å². The molecule has 0 bridgehead atoms. The molecule has 2 aliphatic rings. The lowest BCUT2D eigenvalue weighted by molar-refractivity contribution is -0.128. The Bertz CT molecular complexity index is 460. The fourth-order valence-electron chi connectivity index (χ4n) is 3.12. The highest BCUT2D eigenvalue weighted by atomic mass is 16.5. The summed E-state index contributed by atoms with van der Waals surface area (Å²) in [6.45, 7) is 3.29. The van der Waals surface area contributed by atoms with Crippen molar-refractivity contribution in [2.45, 2.75) is 31.7 Å². The second-order valence-corrected chi connectivity index (χ2v) is 5.87. The summed E-state index contributed by atoms with van der Waals surface area (Å²) in [5.74, 6) is 1.33. The Morgan fingerprint density at radius 2 is 2.14 bits per heavy atom. The first-order valence-electron chi connectivity index (χ1n) is 7.87. The summed E-state index contributed by atoms with van der Waals surface area (Å²) in [5, 5.41) is 3.22. The lowest BCUT2D eigenvalue weighted by Gasteiger charge is -2.35. The number of hydrogen-bond donors (Lipinski definition) is 1. The summed E-state index contributed by atoms with van der Waals surface area (Å²) in [7, 11) is 0. The molecule has 1 aromatic heterocycles. The van der Waals surface area contributed by atoms with Crippen LogP contribution in [0, 0.1) is 5.92 Å². The Labute approximate surface area is 125 Å². The summed E-state index contributed by atoms with van der Waals surface area (Å²) < 4.78 is 5.32. The van der Waals surface area contributed by atoms with E-state index in [9.17, 15) is 4.79 Å². The quantitative estimate of drug-likeness (QED) is 0.918. The van der Waals surface area contributed by atoms with E-state index in [0.717, 1.165) is 44.6 Å². The van der Waals surface area contributed by atoms with Gasteiger partial charge in [0.25, 0.3) is 0 Å². The van der Waals surface area contributed by atoms with Crippen molar-refractivity contribution in [1.29, 1.82) is 0 Å². The monoisotopic (exact) mass is 289 g/mol. The lowest BCUT2D eigenvalue weighted by atomic mass is 9.98. The van der Waals surface area contributed by atoms with E-state index in [2.05, 4.69) is 15.2 Å². The molecule has 2 aliphatic heterocycles. The smallest absolute Gasteiger partial charge is 0.223 e. The van der Waals surface area contributed by atoms with E-state index in [1.165, 1.54) is 0 Å². The van der Waals surface area contributed by atoms with Crippen LogP contribution in [0.3, 0.4) is 0 Å². The fraction of sp³-hybridized carbons (Fsp3) is 0.625. The molecule has 1 atom stereocenters. The van der Waals surface area contributed by atoms with Gasteiger partial charge in [-0.25, -0.2) is 4.98 Å². The third-order valence-corrected chi connectivity index (χ3v) is 4.33. The minimum absolute atomic E-state index is 0.129. The van der Waals surface area contributed by atoms with Crippen LogP contribution in [0.1, 0.15) is 25.7 Å². The van der Waals surface area contributed by atoms with Gasteiger partial charge in [0.1, 0.15) is 5.82 Å². The number of hydrogen-bond acceptors (Lipinski definition) is 4. The number of anilines is 1. The van der Waals surface area contributed by atoms with Gasteiger partial charge in [-0.3, -0.25) is 4.79 Å². The standard InChI is InChI=1S/C16H23N3O2/c20-16(13-6-10-21-11-7-13)18-14-4-3-9-19(12-14)15-5-1-2-8-17-15/h1-2,5,8,13-14H,3-4,6-7,9-12H2,(H,18,20)/t14-/m0/s1. The molecule has 1 aromatic rings. The van der Waals surface area contributed by atoms with E-state index in [1.54, 1.807) is 0 Å². The highest BCUT2D eigenvalue weighted by molar-refractivity contribution is 5.79. The van der Waals surface area contributed by atoms with E-state index < -0.39 is 0 Å². The highest BCUT2D eigenvalue weighted by Gasteiger charge is 2.26. The number of nitrogens with zero attached hydrogens (tertiary/aromatic N) is 2. The zero-order valence-corrected chi connectivity index (χ0v) is 12.3. The number of nitrogens with one attached hydrogen (secondary N) is 1. The topological polar surface area (TPSA) is 54.5 Å². The molecule has 21 heavy (non-hydrogen) atoms. The molecule has 2 fully saturated rings. The predicted molar refractivity (Wildman–Crippen MR) is 81.2 cm³/mol. The van der Waals surface area contributed by atoms with Crippen molar-refractivity contribution in [3.8, 4) is 0 Å². The third-order valence-electron chi connectivity index (χ3n) is 4.33. The molecule has 0 unspecified atom stereocenters. The van der Waals surface area contributed by atoms with E-state index in [0.29, 0.717) is 13.2 Å². The minimum Gasteiger partial charge on any atom is -0.381 e. The molecule has 114 valence electrons. The maximum absolute atomic E-state index is 12.3. The van der Waals surface area contributed by atoms with E-state index in [1.807, 2.05) is 24.4 Å². The van der Waals surface area contributed by atoms with Crippen molar-refractivity contribution >= 4 is 11.7 Å². The normalized spacial score (nSPS) is 23.8. The third kappa shape index (κ3) is 3.73. The zero-order chi connectivity index (χ0) is 14.5. The van der Waals surface area contributed by atoms with Gasteiger partial charge in [0.05, 0.1) is 0 Å². The lowest BCUT2D eigenvalue weighted by Crippen LogP contribution is -2.50. The van der Waals surface area contributed by atoms with Gasteiger partial charge in [-0.05, 0) is 37.8 Å². The molecule has 2 saturated heterocycles. The van der Waals surface area contributed by atoms with Crippen molar-refractivity contribution in [2.75, 3.05) is 31.2 Å². The van der Waals surface area contributed by atoms with Gasteiger partial charge in [0, 0.05) is 44.5 Å². The zero-order valence-electron chi connectivity index (χ0n) is 12.3. The van der Waals surface area contributed by atoms with Crippen molar-refractivity contribution in [3.05, 3.63) is 24.4 Å². The number of carbonyl (C=O) groups is 1. The number of pyridine rings is 1. The van der Waals surface area contributed by atoms with Gasteiger partial charge in [0.2, 0.25) is 5.91 Å². The largest absolute Gasteiger partial charge is 0.381 e. The average Bonchev–Trinajstić information content (AvgIpc) is 2.57. The second-order valence-electron chi connectivity index (χ2n) is 5.87. The summed E-state index contributed by atoms with van der Waals surface area (Å²) in [6, 6.07) is 6.20. The molecule has 0 radical (unpaired) electrons. The number of carbonyl (C=O) groups excluding carboxylic acids is 1. The van der Waals surface area contributed by atoms with Crippen LogP contribution in [0.15, 0.2) is 24.4 Å². The molecule has 0 saturated carbocycles. The number of aromatic nitrogens is 1. The number of rotatable bonds is 3. The average molecular weight is 289 g/mol. The molecule has 1 amide bonds. The van der Waals surface area contributed by atoms with Crippen LogP contribution >= 0.6 is 0 Å². The molecule has 0 aliphatic carbocycles. The Morgan fingerprint density at radius 3 is 2.90 bits per heavy atom. The summed E-state index contributed by atoms with van der Waals surface area (Å²) in [6.07, 6.45) is 5.66. The van der Waals surface area contributed by atoms with Gasteiger partial charge >= 0.3 is 0 Å². The molecule has 5 heteroatoms. The Morgan fingerprint density at radius 1 is 1.29 bits per heavy atom. The van der Waals surface area contributed by atoms with Gasteiger partial charge in [-0.2, -0.15) is 0 Å². The van der Waals surface area contributed by atoms with Crippen LogP contribution in [-0.2, 0) is 9.53 Å². The van der Waals surface area contributed by atoms with Crippen molar-refractivity contribution in [2.24, 2.45) is 5.92 Å². The fourth-order valence-corrected chi connectivity index (χ4v) is 3.12. The predicted octanol–water partition coefficient (Wildman–Crippen LogP) is 1.59. The molecule has 3 rings (SSSR count). The van der Waals surface area contributed by atoms with Crippen LogP contribution in [0.25, 0.3) is 0 Å². The van der Waals surface area contributed by atoms with Crippen LogP contribution in [0.2, 0.25) is 0 Å². The maximum Gasteiger partial charge on any atom is 0.223 e. The minimum atomic E-state index is 0.129. The number of piperidine rings is 1. The summed E-state index contributed by atoms with van der Waals surface area (Å²) in [5.41, 5.74) is 0. The van der Waals surface area contributed by atoms with Gasteiger partial charge in [0.15, 0.2) is 0 Å². The SMILES string of the molecule is O=C(N[C@H]1CCCN(c2ccccn2)C1)C1CCOCC1. The molecular weight excluding hydrogens is 266 g/mol. The summed E-state index contributed by atoms with van der Waals surface area (Å²) >= 11 is 0.